The molecule has 1 atom stereocenters. The number of fused-ring (bicyclic) bond motifs is 1. The first-order chi connectivity index (χ1) is 16.1. The van der Waals surface area contributed by atoms with Gasteiger partial charge in [-0.05, 0) is 57.3 Å². The summed E-state index contributed by atoms with van der Waals surface area (Å²) in [5.74, 6) is 1.27. The molecule has 0 fully saturated rings. The molecule has 0 aliphatic heterocycles. The van der Waals surface area contributed by atoms with E-state index in [2.05, 4.69) is 4.98 Å². The normalized spacial score (nSPS) is 12.9. The number of halogens is 3. The van der Waals surface area contributed by atoms with Gasteiger partial charge in [0.1, 0.15) is 17.7 Å². The van der Waals surface area contributed by atoms with E-state index in [1.165, 1.54) is 12.1 Å². The minimum Gasteiger partial charge on any atom is -0.489 e. The molecular weight excluding hydrogens is 439 g/mol. The summed E-state index contributed by atoms with van der Waals surface area (Å²) in [5, 5.41) is 0. The molecule has 1 N–H and O–H groups in total. The van der Waals surface area contributed by atoms with Crippen molar-refractivity contribution in [3.05, 3.63) is 82.9 Å². The zero-order valence-electron chi connectivity index (χ0n) is 19.7. The van der Waals surface area contributed by atoms with E-state index >= 15 is 0 Å². The summed E-state index contributed by atoms with van der Waals surface area (Å²) >= 11 is 0. The monoisotopic (exact) mass is 467 g/mol. The number of H-pyrrole nitrogens is 1. The van der Waals surface area contributed by atoms with Gasteiger partial charge in [-0.1, -0.05) is 42.0 Å². The van der Waals surface area contributed by atoms with Crippen LogP contribution in [0.2, 0.25) is 0 Å². The molecule has 0 radical (unpaired) electrons. The molecule has 0 aliphatic rings. The minimum atomic E-state index is -4.43. The van der Waals surface area contributed by atoms with Crippen LogP contribution in [-0.2, 0) is 12.6 Å². The topological polar surface area (TPSA) is 41.1 Å². The second kappa shape index (κ2) is 9.50. The Balaban J connectivity index is 1.81. The van der Waals surface area contributed by atoms with Gasteiger partial charge in [0.05, 0.1) is 16.6 Å². The Morgan fingerprint density at radius 2 is 1.76 bits per heavy atom. The maximum atomic E-state index is 13.6. The maximum absolute atomic E-state index is 13.6. The van der Waals surface area contributed by atoms with Gasteiger partial charge < -0.3 is 14.6 Å². The fraction of sp³-hybridized carbons (Fsp3) is 0.296. The Bertz CT molecular complexity index is 1290. The summed E-state index contributed by atoms with van der Waals surface area (Å²) in [5.41, 5.74) is 3.63. The Morgan fingerprint density at radius 3 is 2.47 bits per heavy atom. The van der Waals surface area contributed by atoms with Crippen molar-refractivity contribution in [3.8, 4) is 17.1 Å². The first-order valence-corrected chi connectivity index (χ1v) is 11.2. The average Bonchev–Trinajstić information content (AvgIpc) is 3.17. The van der Waals surface area contributed by atoms with Crippen LogP contribution in [0.1, 0.15) is 29.2 Å². The van der Waals surface area contributed by atoms with E-state index in [-0.39, 0.29) is 18.1 Å². The summed E-state index contributed by atoms with van der Waals surface area (Å²) in [7, 11) is 3.93. The Kier molecular flexibility index (Phi) is 6.66. The van der Waals surface area contributed by atoms with Crippen molar-refractivity contribution in [2.45, 2.75) is 32.5 Å². The largest absolute Gasteiger partial charge is 0.489 e. The highest BCUT2D eigenvalue weighted by atomic mass is 19.4. The van der Waals surface area contributed by atoms with Gasteiger partial charge in [0, 0.05) is 24.6 Å². The molecule has 0 bridgehead atoms. The van der Waals surface area contributed by atoms with Gasteiger partial charge >= 0.3 is 6.18 Å². The van der Waals surface area contributed by atoms with Crippen molar-refractivity contribution in [2.75, 3.05) is 20.6 Å². The smallest absolute Gasteiger partial charge is 0.416 e. The van der Waals surface area contributed by atoms with Gasteiger partial charge in [-0.2, -0.15) is 13.2 Å². The van der Waals surface area contributed by atoms with Crippen LogP contribution in [0.5, 0.6) is 5.75 Å². The van der Waals surface area contributed by atoms with E-state index in [0.717, 1.165) is 22.7 Å². The van der Waals surface area contributed by atoms with Crippen LogP contribution in [0.4, 0.5) is 13.2 Å². The van der Waals surface area contributed by atoms with Crippen molar-refractivity contribution >= 4 is 11.0 Å². The van der Waals surface area contributed by atoms with Crippen LogP contribution in [-0.4, -0.2) is 41.6 Å². The number of rotatable bonds is 7. The number of hydrogen-bond donors (Lipinski definition) is 1. The van der Waals surface area contributed by atoms with Crippen molar-refractivity contribution in [2.24, 2.45) is 0 Å². The highest BCUT2D eigenvalue weighted by molar-refractivity contribution is 5.84. The van der Waals surface area contributed by atoms with Crippen molar-refractivity contribution in [1.82, 2.24) is 14.9 Å². The first-order valence-electron chi connectivity index (χ1n) is 11.2. The first kappa shape index (κ1) is 23.8. The zero-order chi connectivity index (χ0) is 24.5. The maximum Gasteiger partial charge on any atom is 0.416 e. The summed E-state index contributed by atoms with van der Waals surface area (Å²) in [6.07, 6.45) is -4.44. The number of alkyl halides is 3. The molecule has 178 valence electrons. The van der Waals surface area contributed by atoms with Gasteiger partial charge in [-0.3, -0.25) is 0 Å². The van der Waals surface area contributed by atoms with Crippen molar-refractivity contribution < 1.29 is 17.9 Å². The lowest BCUT2D eigenvalue weighted by molar-refractivity contribution is -0.138. The highest BCUT2D eigenvalue weighted by Gasteiger charge is 2.33. The summed E-state index contributed by atoms with van der Waals surface area (Å²) in [6.45, 7) is 4.68. The van der Waals surface area contributed by atoms with Gasteiger partial charge in [0.2, 0.25) is 0 Å². The summed E-state index contributed by atoms with van der Waals surface area (Å²) in [6, 6.07) is 17.3. The predicted molar refractivity (Wildman–Crippen MR) is 129 cm³/mol. The third-order valence-electron chi connectivity index (χ3n) is 5.59. The molecule has 4 nitrogen and oxygen atoms in total. The molecule has 0 saturated heterocycles. The number of likely N-dealkylation sites (N-methyl/N-ethyl adjacent to an activating group) is 1. The lowest BCUT2D eigenvalue weighted by atomic mass is 9.98. The number of aromatic amines is 1. The van der Waals surface area contributed by atoms with E-state index in [9.17, 15) is 13.2 Å². The molecule has 4 rings (SSSR count). The summed E-state index contributed by atoms with van der Waals surface area (Å²) < 4.78 is 47.1. The minimum absolute atomic E-state index is 0.0869. The molecule has 7 heteroatoms. The summed E-state index contributed by atoms with van der Waals surface area (Å²) in [4.78, 5) is 10.1. The van der Waals surface area contributed by atoms with Crippen LogP contribution >= 0.6 is 0 Å². The Hall–Kier alpha value is -3.32. The SMILES string of the molecule is Cc1cccc(-c2nc3c(Cc4ccccc4C(F)(F)F)cc(OC(C)CN(C)C)cc3[nH]2)c1. The molecule has 4 aromatic rings. The fourth-order valence-electron chi connectivity index (χ4n) is 4.23. The predicted octanol–water partition coefficient (Wildman–Crippen LogP) is 6.48. The number of benzene rings is 3. The molecule has 0 amide bonds. The van der Waals surface area contributed by atoms with E-state index in [0.29, 0.717) is 29.2 Å². The molecule has 34 heavy (non-hydrogen) atoms. The standard InChI is InChI=1S/C27H28F3N3O/c1-17-8-7-10-20(12-17)26-31-24-15-22(34-18(2)16-33(3)4)14-21(25(24)32-26)13-19-9-5-6-11-23(19)27(28,29)30/h5-12,14-15,18H,13,16H2,1-4H3,(H,31,32). The lowest BCUT2D eigenvalue weighted by Crippen LogP contribution is -2.28. The number of nitrogens with one attached hydrogen (secondary N) is 1. The third kappa shape index (κ3) is 5.42. The molecule has 0 saturated carbocycles. The van der Waals surface area contributed by atoms with Gasteiger partial charge in [0.25, 0.3) is 0 Å². The van der Waals surface area contributed by atoms with Crippen LogP contribution in [0.15, 0.2) is 60.7 Å². The van der Waals surface area contributed by atoms with Crippen LogP contribution in [0.25, 0.3) is 22.4 Å². The van der Waals surface area contributed by atoms with E-state index < -0.39 is 11.7 Å². The Morgan fingerprint density at radius 1 is 1.00 bits per heavy atom. The molecular formula is C27H28F3N3O. The van der Waals surface area contributed by atoms with E-state index in [1.54, 1.807) is 6.07 Å². The number of ether oxygens (including phenoxy) is 1. The van der Waals surface area contributed by atoms with Crippen LogP contribution < -0.4 is 4.74 Å². The lowest BCUT2D eigenvalue weighted by Gasteiger charge is -2.19. The number of nitrogens with zero attached hydrogens (tertiary/aromatic N) is 2. The second-order valence-electron chi connectivity index (χ2n) is 8.96. The van der Waals surface area contributed by atoms with Gasteiger partial charge in [-0.25, -0.2) is 4.98 Å². The number of aryl methyl sites for hydroxylation is 1. The molecule has 0 aliphatic carbocycles. The van der Waals surface area contributed by atoms with Crippen molar-refractivity contribution in [1.29, 1.82) is 0 Å². The molecule has 1 heterocycles. The number of aromatic nitrogens is 2. The van der Waals surface area contributed by atoms with Crippen molar-refractivity contribution in [3.63, 3.8) is 0 Å². The zero-order valence-corrected chi connectivity index (χ0v) is 19.7. The molecule has 1 aromatic heterocycles. The average molecular weight is 468 g/mol. The Labute approximate surface area is 197 Å². The van der Waals surface area contributed by atoms with E-state index in [4.69, 9.17) is 9.72 Å². The highest BCUT2D eigenvalue weighted by Crippen LogP contribution is 2.35. The van der Waals surface area contributed by atoms with Crippen LogP contribution in [0.3, 0.4) is 0 Å². The second-order valence-corrected chi connectivity index (χ2v) is 8.96. The molecule has 1 unspecified atom stereocenters. The number of imidazole rings is 1. The van der Waals surface area contributed by atoms with Gasteiger partial charge in [0.15, 0.2) is 0 Å². The van der Waals surface area contributed by atoms with E-state index in [1.807, 2.05) is 69.2 Å². The fourth-order valence-corrected chi connectivity index (χ4v) is 4.23. The third-order valence-corrected chi connectivity index (χ3v) is 5.59. The molecule has 0 spiro atoms. The quantitative estimate of drug-likeness (QED) is 0.338. The van der Waals surface area contributed by atoms with Crippen LogP contribution in [0, 0.1) is 6.92 Å². The molecule has 3 aromatic carbocycles. The number of hydrogen-bond acceptors (Lipinski definition) is 3. The van der Waals surface area contributed by atoms with Gasteiger partial charge in [-0.15, -0.1) is 0 Å².